The molecule has 0 aliphatic heterocycles. The van der Waals surface area contributed by atoms with E-state index >= 15 is 0 Å². The van der Waals surface area contributed by atoms with Crippen LogP contribution in [0.3, 0.4) is 0 Å². The third-order valence-corrected chi connectivity index (χ3v) is 3.94. The highest BCUT2D eigenvalue weighted by atomic mass is 19.4. The van der Waals surface area contributed by atoms with E-state index in [4.69, 9.17) is 4.42 Å². The Balaban J connectivity index is 1.56. The number of hydrogen-bond donors (Lipinski definition) is 1. The third kappa shape index (κ3) is 4.73. The summed E-state index contributed by atoms with van der Waals surface area (Å²) in [6.07, 6.45) is -3.64. The topological polar surface area (TPSA) is 25.2 Å². The van der Waals surface area contributed by atoms with Crippen molar-refractivity contribution < 1.29 is 22.0 Å². The molecule has 0 saturated heterocycles. The molecule has 0 fully saturated rings. The van der Waals surface area contributed by atoms with Gasteiger partial charge in [0.1, 0.15) is 17.3 Å². The summed E-state index contributed by atoms with van der Waals surface area (Å²) >= 11 is 0. The summed E-state index contributed by atoms with van der Waals surface area (Å²) in [5, 5.41) is 3.20. The number of hydrogen-bond acceptors (Lipinski definition) is 2. The molecular formula is C20H17F4NO. The Kier molecular flexibility index (Phi) is 5.42. The van der Waals surface area contributed by atoms with Crippen LogP contribution in [-0.4, -0.2) is 6.54 Å². The Morgan fingerprint density at radius 3 is 2.42 bits per heavy atom. The Morgan fingerprint density at radius 2 is 1.69 bits per heavy atom. The lowest BCUT2D eigenvalue weighted by molar-refractivity contribution is -0.137. The minimum atomic E-state index is -4.38. The lowest BCUT2D eigenvalue weighted by Crippen LogP contribution is -2.16. The largest absolute Gasteiger partial charge is 0.460 e. The lowest BCUT2D eigenvalue weighted by atomic mass is 10.1. The molecule has 0 radical (unpaired) electrons. The van der Waals surface area contributed by atoms with E-state index in [-0.39, 0.29) is 5.82 Å². The first-order chi connectivity index (χ1) is 12.4. The highest BCUT2D eigenvalue weighted by Crippen LogP contribution is 2.32. The van der Waals surface area contributed by atoms with Gasteiger partial charge < -0.3 is 9.73 Å². The number of alkyl halides is 3. The summed E-state index contributed by atoms with van der Waals surface area (Å²) in [6, 6.07) is 14.8. The van der Waals surface area contributed by atoms with Crippen LogP contribution < -0.4 is 5.32 Å². The van der Waals surface area contributed by atoms with E-state index in [0.717, 1.165) is 24.1 Å². The molecular weight excluding hydrogens is 346 g/mol. The van der Waals surface area contributed by atoms with Gasteiger partial charge in [-0.2, -0.15) is 13.2 Å². The second-order valence-electron chi connectivity index (χ2n) is 5.90. The minimum absolute atomic E-state index is 0.264. The fourth-order valence-electron chi connectivity index (χ4n) is 2.57. The smallest absolute Gasteiger partial charge is 0.416 e. The molecule has 1 heterocycles. The van der Waals surface area contributed by atoms with E-state index in [0.29, 0.717) is 30.2 Å². The van der Waals surface area contributed by atoms with Gasteiger partial charge in [0.2, 0.25) is 0 Å². The number of nitrogens with one attached hydrogen (secondary N) is 1. The first kappa shape index (κ1) is 18.2. The minimum Gasteiger partial charge on any atom is -0.460 e. The Bertz CT molecular complexity index is 853. The summed E-state index contributed by atoms with van der Waals surface area (Å²) in [6.45, 7) is 1.13. The van der Waals surface area contributed by atoms with Crippen LogP contribution in [0.25, 0.3) is 11.3 Å². The van der Waals surface area contributed by atoms with Gasteiger partial charge in [0, 0.05) is 5.56 Å². The maximum atomic E-state index is 12.8. The molecule has 0 aliphatic rings. The third-order valence-electron chi connectivity index (χ3n) is 3.94. The van der Waals surface area contributed by atoms with Crippen molar-refractivity contribution in [1.82, 2.24) is 5.32 Å². The van der Waals surface area contributed by atoms with Crippen LogP contribution in [0.1, 0.15) is 16.9 Å². The molecule has 1 aromatic heterocycles. The molecule has 1 N–H and O–H groups in total. The predicted octanol–water partition coefficient (Wildman–Crippen LogP) is 5.44. The number of furan rings is 1. The van der Waals surface area contributed by atoms with Gasteiger partial charge in [-0.3, -0.25) is 0 Å². The van der Waals surface area contributed by atoms with Crippen molar-refractivity contribution in [3.05, 3.63) is 83.4 Å². The second-order valence-corrected chi connectivity index (χ2v) is 5.90. The fourth-order valence-corrected chi connectivity index (χ4v) is 2.57. The average molecular weight is 363 g/mol. The van der Waals surface area contributed by atoms with E-state index in [1.807, 2.05) is 0 Å². The van der Waals surface area contributed by atoms with E-state index < -0.39 is 11.7 Å². The van der Waals surface area contributed by atoms with Crippen LogP contribution >= 0.6 is 0 Å². The maximum absolute atomic E-state index is 12.8. The first-order valence-corrected chi connectivity index (χ1v) is 8.13. The van der Waals surface area contributed by atoms with E-state index in [1.54, 1.807) is 30.3 Å². The van der Waals surface area contributed by atoms with Crippen LogP contribution in [0.4, 0.5) is 17.6 Å². The summed E-state index contributed by atoms with van der Waals surface area (Å²) in [4.78, 5) is 0. The maximum Gasteiger partial charge on any atom is 0.416 e. The molecule has 0 amide bonds. The molecule has 2 nitrogen and oxygen atoms in total. The SMILES string of the molecule is Fc1ccc(CCNCc2ccc(-c3cccc(C(F)(F)F)c3)o2)cc1. The molecule has 0 atom stereocenters. The van der Waals surface area contributed by atoms with Crippen LogP contribution in [0.5, 0.6) is 0 Å². The van der Waals surface area contributed by atoms with E-state index in [1.165, 1.54) is 18.2 Å². The van der Waals surface area contributed by atoms with Gasteiger partial charge in [0.15, 0.2) is 0 Å². The van der Waals surface area contributed by atoms with Crippen molar-refractivity contribution in [2.45, 2.75) is 19.1 Å². The molecule has 2 aromatic carbocycles. The number of rotatable bonds is 6. The van der Waals surface area contributed by atoms with Gasteiger partial charge in [-0.15, -0.1) is 0 Å². The summed E-state index contributed by atoms with van der Waals surface area (Å²) in [7, 11) is 0. The van der Waals surface area contributed by atoms with Gasteiger partial charge >= 0.3 is 6.18 Å². The van der Waals surface area contributed by atoms with E-state index in [2.05, 4.69) is 5.32 Å². The van der Waals surface area contributed by atoms with Crippen molar-refractivity contribution in [3.63, 3.8) is 0 Å². The summed E-state index contributed by atoms with van der Waals surface area (Å²) in [5.74, 6) is 0.766. The van der Waals surface area contributed by atoms with Crippen LogP contribution in [0.15, 0.2) is 65.1 Å². The molecule has 6 heteroatoms. The van der Waals surface area contributed by atoms with Gasteiger partial charge in [0.25, 0.3) is 0 Å². The fraction of sp³-hybridized carbons (Fsp3) is 0.200. The normalized spacial score (nSPS) is 11.7. The molecule has 3 aromatic rings. The van der Waals surface area contributed by atoms with Crippen molar-refractivity contribution >= 4 is 0 Å². The van der Waals surface area contributed by atoms with Crippen molar-refractivity contribution in [2.24, 2.45) is 0 Å². The van der Waals surface area contributed by atoms with Crippen LogP contribution in [0.2, 0.25) is 0 Å². The van der Waals surface area contributed by atoms with Gasteiger partial charge in [0.05, 0.1) is 12.1 Å². The molecule has 0 unspecified atom stereocenters. The van der Waals surface area contributed by atoms with E-state index in [9.17, 15) is 17.6 Å². The number of halogens is 4. The molecule has 0 saturated carbocycles. The average Bonchev–Trinajstić information content (AvgIpc) is 3.09. The lowest BCUT2D eigenvalue weighted by Gasteiger charge is -2.07. The number of benzene rings is 2. The molecule has 0 spiro atoms. The van der Waals surface area contributed by atoms with Crippen LogP contribution in [-0.2, 0) is 19.1 Å². The highest BCUT2D eigenvalue weighted by molar-refractivity contribution is 5.58. The Labute approximate surface area is 148 Å². The molecule has 3 rings (SSSR count). The standard InChI is InChI=1S/C20H17F4NO/c21-17-6-4-14(5-7-17)10-11-25-13-18-8-9-19(26-18)15-2-1-3-16(12-15)20(22,23)24/h1-9,12,25H,10-11,13H2. The van der Waals surface area contributed by atoms with Gasteiger partial charge in [-0.1, -0.05) is 24.3 Å². The Hall–Kier alpha value is -2.60. The summed E-state index contributed by atoms with van der Waals surface area (Å²) in [5.41, 5.74) is 0.700. The predicted molar refractivity (Wildman–Crippen MR) is 91.0 cm³/mol. The van der Waals surface area contributed by atoms with Crippen molar-refractivity contribution in [2.75, 3.05) is 6.54 Å². The van der Waals surface area contributed by atoms with Gasteiger partial charge in [-0.25, -0.2) is 4.39 Å². The summed E-state index contributed by atoms with van der Waals surface area (Å²) < 4.78 is 56.8. The zero-order chi connectivity index (χ0) is 18.6. The zero-order valence-corrected chi connectivity index (χ0v) is 13.8. The molecule has 0 bridgehead atoms. The van der Waals surface area contributed by atoms with Crippen molar-refractivity contribution in [1.29, 1.82) is 0 Å². The highest BCUT2D eigenvalue weighted by Gasteiger charge is 2.30. The molecule has 0 aliphatic carbocycles. The molecule has 136 valence electrons. The molecule has 26 heavy (non-hydrogen) atoms. The first-order valence-electron chi connectivity index (χ1n) is 8.13. The van der Waals surface area contributed by atoms with Crippen molar-refractivity contribution in [3.8, 4) is 11.3 Å². The Morgan fingerprint density at radius 1 is 0.923 bits per heavy atom. The quantitative estimate of drug-likeness (QED) is 0.466. The van der Waals surface area contributed by atoms with Gasteiger partial charge in [-0.05, 0) is 54.9 Å². The van der Waals surface area contributed by atoms with Crippen LogP contribution in [0, 0.1) is 5.82 Å². The zero-order valence-electron chi connectivity index (χ0n) is 13.8. The second kappa shape index (κ2) is 7.74. The monoisotopic (exact) mass is 363 g/mol.